The van der Waals surface area contributed by atoms with Gasteiger partial charge in [0.15, 0.2) is 5.11 Å². The Morgan fingerprint density at radius 1 is 1.09 bits per heavy atom. The number of esters is 1. The summed E-state index contributed by atoms with van der Waals surface area (Å²) < 4.78 is 12.0. The van der Waals surface area contributed by atoms with E-state index in [1.165, 1.54) is 6.21 Å². The molecule has 0 saturated heterocycles. The molecule has 32 heavy (non-hydrogen) atoms. The number of hydrogen-bond donors (Lipinski definition) is 2. The number of hydrazone groups is 1. The number of benzene rings is 3. The summed E-state index contributed by atoms with van der Waals surface area (Å²) in [6, 6.07) is 21.7. The van der Waals surface area contributed by atoms with Crippen LogP contribution in [0.5, 0.6) is 11.5 Å². The lowest BCUT2D eigenvalue weighted by Crippen LogP contribution is -2.23. The Morgan fingerprint density at radius 2 is 1.84 bits per heavy atom. The number of anilines is 1. The van der Waals surface area contributed by atoms with Gasteiger partial charge in [0.1, 0.15) is 11.5 Å². The summed E-state index contributed by atoms with van der Waals surface area (Å²) in [4.78, 5) is 12.6. The first-order chi connectivity index (χ1) is 15.5. The monoisotopic (exact) mass is 511 g/mol. The lowest BCUT2D eigenvalue weighted by Gasteiger charge is -2.09. The fraction of sp³-hybridized carbons (Fsp3) is 0.125. The zero-order valence-corrected chi connectivity index (χ0v) is 19.8. The number of nitrogens with zero attached hydrogens (tertiary/aromatic N) is 1. The molecule has 6 nitrogen and oxygen atoms in total. The third-order valence-corrected chi connectivity index (χ3v) is 4.83. The third-order valence-electron chi connectivity index (χ3n) is 4.14. The number of halogens is 1. The molecule has 0 unspecified atom stereocenters. The number of para-hydroxylation sites is 1. The predicted octanol–water partition coefficient (Wildman–Crippen LogP) is 5.78. The summed E-state index contributed by atoms with van der Waals surface area (Å²) in [7, 11) is 0. The Bertz CT molecular complexity index is 1090. The van der Waals surface area contributed by atoms with Crippen molar-refractivity contribution in [2.24, 2.45) is 5.10 Å². The molecular weight excluding hydrogens is 490 g/mol. The van der Waals surface area contributed by atoms with Crippen LogP contribution in [0.25, 0.3) is 0 Å². The van der Waals surface area contributed by atoms with Crippen LogP contribution in [0.3, 0.4) is 0 Å². The molecule has 0 bridgehead atoms. The first-order valence-electron chi connectivity index (χ1n) is 9.95. The number of ether oxygens (including phenoxy) is 2. The number of nitrogens with one attached hydrogen (secondary N) is 2. The van der Waals surface area contributed by atoms with Crippen LogP contribution in [-0.4, -0.2) is 23.9 Å². The van der Waals surface area contributed by atoms with Gasteiger partial charge in [-0.15, -0.1) is 0 Å². The second-order valence-corrected chi connectivity index (χ2v) is 7.96. The molecule has 0 aromatic heterocycles. The Hall–Kier alpha value is -3.23. The Balaban J connectivity index is 1.64. The van der Waals surface area contributed by atoms with Gasteiger partial charge in [0.25, 0.3) is 0 Å². The number of hydrogen-bond acceptors (Lipinski definition) is 5. The first-order valence-corrected chi connectivity index (χ1v) is 11.1. The van der Waals surface area contributed by atoms with Gasteiger partial charge < -0.3 is 14.8 Å². The SMILES string of the molecule is CCCOc1ccc(C(=O)Oc2ccc(Br)cc2C=NNC(=S)Nc2ccccc2)cc1. The van der Waals surface area contributed by atoms with E-state index in [2.05, 4.69) is 31.8 Å². The van der Waals surface area contributed by atoms with E-state index in [0.29, 0.717) is 34.3 Å². The molecule has 0 radical (unpaired) electrons. The minimum Gasteiger partial charge on any atom is -0.494 e. The van der Waals surface area contributed by atoms with Crippen LogP contribution in [0.4, 0.5) is 5.69 Å². The van der Waals surface area contributed by atoms with Gasteiger partial charge in [-0.3, -0.25) is 5.43 Å². The molecule has 164 valence electrons. The topological polar surface area (TPSA) is 72.0 Å². The van der Waals surface area contributed by atoms with Crippen LogP contribution in [0.1, 0.15) is 29.3 Å². The van der Waals surface area contributed by atoms with Crippen LogP contribution < -0.4 is 20.2 Å². The van der Waals surface area contributed by atoms with Crippen molar-refractivity contribution in [3.63, 3.8) is 0 Å². The van der Waals surface area contributed by atoms with Crippen molar-refractivity contribution in [1.82, 2.24) is 5.43 Å². The molecule has 3 rings (SSSR count). The molecule has 0 aliphatic carbocycles. The van der Waals surface area contributed by atoms with E-state index in [9.17, 15) is 4.79 Å². The minimum absolute atomic E-state index is 0.339. The summed E-state index contributed by atoms with van der Waals surface area (Å²) in [6.45, 7) is 2.66. The van der Waals surface area contributed by atoms with Gasteiger partial charge in [0.2, 0.25) is 0 Å². The number of carbonyl (C=O) groups excluding carboxylic acids is 1. The van der Waals surface area contributed by atoms with Crippen LogP contribution >= 0.6 is 28.1 Å². The van der Waals surface area contributed by atoms with E-state index >= 15 is 0 Å². The van der Waals surface area contributed by atoms with E-state index in [1.54, 1.807) is 42.5 Å². The second kappa shape index (κ2) is 12.0. The highest BCUT2D eigenvalue weighted by atomic mass is 79.9. The predicted molar refractivity (Wildman–Crippen MR) is 135 cm³/mol. The normalized spacial score (nSPS) is 10.6. The summed E-state index contributed by atoms with van der Waals surface area (Å²) in [5.41, 5.74) is 4.63. The molecule has 0 spiro atoms. The van der Waals surface area contributed by atoms with Crippen molar-refractivity contribution >= 4 is 51.1 Å². The molecule has 3 aromatic rings. The van der Waals surface area contributed by atoms with Crippen molar-refractivity contribution < 1.29 is 14.3 Å². The zero-order chi connectivity index (χ0) is 22.8. The zero-order valence-electron chi connectivity index (χ0n) is 17.4. The lowest BCUT2D eigenvalue weighted by molar-refractivity contribution is 0.0734. The van der Waals surface area contributed by atoms with E-state index in [-0.39, 0.29) is 0 Å². The maximum atomic E-state index is 12.6. The fourth-order valence-electron chi connectivity index (χ4n) is 2.62. The molecule has 0 amide bonds. The van der Waals surface area contributed by atoms with Crippen LogP contribution in [-0.2, 0) is 0 Å². The maximum Gasteiger partial charge on any atom is 0.343 e. The highest BCUT2D eigenvalue weighted by Crippen LogP contribution is 2.23. The Kier molecular flexibility index (Phi) is 8.77. The van der Waals surface area contributed by atoms with E-state index < -0.39 is 5.97 Å². The Morgan fingerprint density at radius 3 is 2.56 bits per heavy atom. The highest BCUT2D eigenvalue weighted by Gasteiger charge is 2.12. The van der Waals surface area contributed by atoms with E-state index in [4.69, 9.17) is 21.7 Å². The van der Waals surface area contributed by atoms with E-state index in [0.717, 1.165) is 16.6 Å². The van der Waals surface area contributed by atoms with Crippen molar-refractivity contribution in [2.45, 2.75) is 13.3 Å². The van der Waals surface area contributed by atoms with Gasteiger partial charge in [-0.25, -0.2) is 4.79 Å². The lowest BCUT2D eigenvalue weighted by atomic mass is 10.2. The maximum absolute atomic E-state index is 12.6. The van der Waals surface area contributed by atoms with Gasteiger partial charge >= 0.3 is 5.97 Å². The van der Waals surface area contributed by atoms with Gasteiger partial charge in [0, 0.05) is 15.7 Å². The van der Waals surface area contributed by atoms with Crippen molar-refractivity contribution in [3.8, 4) is 11.5 Å². The molecule has 0 heterocycles. The Labute approximate surface area is 200 Å². The highest BCUT2D eigenvalue weighted by molar-refractivity contribution is 9.10. The summed E-state index contributed by atoms with van der Waals surface area (Å²) in [6.07, 6.45) is 2.45. The average Bonchev–Trinajstić information content (AvgIpc) is 2.80. The quantitative estimate of drug-likeness (QED) is 0.131. The fourth-order valence-corrected chi connectivity index (χ4v) is 3.17. The molecule has 0 aliphatic rings. The first kappa shape index (κ1) is 23.4. The average molecular weight is 512 g/mol. The minimum atomic E-state index is -0.474. The van der Waals surface area contributed by atoms with Crippen LogP contribution in [0, 0.1) is 0 Å². The summed E-state index contributed by atoms with van der Waals surface area (Å²) in [5.74, 6) is 0.612. The number of thiocarbonyl (C=S) groups is 1. The number of carbonyl (C=O) groups is 1. The third kappa shape index (κ3) is 7.18. The molecule has 0 atom stereocenters. The summed E-state index contributed by atoms with van der Waals surface area (Å²) >= 11 is 8.67. The second-order valence-electron chi connectivity index (χ2n) is 6.63. The summed E-state index contributed by atoms with van der Waals surface area (Å²) in [5, 5.41) is 7.52. The smallest absolute Gasteiger partial charge is 0.343 e. The molecule has 0 fully saturated rings. The van der Waals surface area contributed by atoms with Crippen molar-refractivity contribution in [1.29, 1.82) is 0 Å². The van der Waals surface area contributed by atoms with Crippen LogP contribution in [0.2, 0.25) is 0 Å². The van der Waals surface area contributed by atoms with Gasteiger partial charge in [-0.05, 0) is 73.2 Å². The molecule has 8 heteroatoms. The van der Waals surface area contributed by atoms with E-state index in [1.807, 2.05) is 37.3 Å². The molecule has 2 N–H and O–H groups in total. The standard InChI is InChI=1S/C24H22BrN3O3S/c1-2-14-30-21-11-8-17(9-12-21)23(29)31-22-13-10-19(25)15-18(22)16-26-28-24(32)27-20-6-4-3-5-7-20/h3-13,15-16H,2,14H2,1H3,(H2,27,28,32). The van der Waals surface area contributed by atoms with Gasteiger partial charge in [-0.1, -0.05) is 41.1 Å². The van der Waals surface area contributed by atoms with Gasteiger partial charge in [0.05, 0.1) is 18.4 Å². The molecular formula is C24H22BrN3O3S. The largest absolute Gasteiger partial charge is 0.494 e. The number of rotatable bonds is 8. The molecule has 0 aliphatic heterocycles. The molecule has 3 aromatic carbocycles. The molecule has 0 saturated carbocycles. The van der Waals surface area contributed by atoms with Crippen molar-refractivity contribution in [3.05, 3.63) is 88.4 Å². The van der Waals surface area contributed by atoms with Crippen LogP contribution in [0.15, 0.2) is 82.4 Å². The van der Waals surface area contributed by atoms with Gasteiger partial charge in [-0.2, -0.15) is 5.10 Å². The van der Waals surface area contributed by atoms with Crippen molar-refractivity contribution in [2.75, 3.05) is 11.9 Å².